The van der Waals surface area contributed by atoms with E-state index in [4.69, 9.17) is 16.3 Å². The Balaban J connectivity index is 1.46. The number of fused-ring (bicyclic) bond motifs is 1. The number of rotatable bonds is 5. The average molecular weight is 400 g/mol. The van der Waals surface area contributed by atoms with E-state index in [-0.39, 0.29) is 5.91 Å². The van der Waals surface area contributed by atoms with Gasteiger partial charge in [-0.1, -0.05) is 47.6 Å². The number of para-hydroxylation sites is 1. The number of nitrogens with one attached hydrogen (secondary N) is 1. The van der Waals surface area contributed by atoms with Crippen LogP contribution < -0.4 is 10.1 Å². The molecular formula is C20H18ClN3O2S. The van der Waals surface area contributed by atoms with Crippen LogP contribution in [0.3, 0.4) is 0 Å². The highest BCUT2D eigenvalue weighted by Gasteiger charge is 2.18. The first-order valence-electron chi connectivity index (χ1n) is 8.62. The Bertz CT molecular complexity index is 967. The van der Waals surface area contributed by atoms with Gasteiger partial charge in [-0.3, -0.25) is 4.79 Å². The van der Waals surface area contributed by atoms with Gasteiger partial charge in [0, 0.05) is 29.7 Å². The molecule has 1 aromatic heterocycles. The zero-order valence-electron chi connectivity index (χ0n) is 14.7. The maximum Gasteiger partial charge on any atom is 0.265 e. The first kappa shape index (κ1) is 17.9. The van der Waals surface area contributed by atoms with Crippen molar-refractivity contribution in [2.45, 2.75) is 24.7 Å². The van der Waals surface area contributed by atoms with Gasteiger partial charge in [0.25, 0.3) is 5.91 Å². The fourth-order valence-corrected chi connectivity index (χ4v) is 3.96. The summed E-state index contributed by atoms with van der Waals surface area (Å²) in [6.45, 7) is 2.68. The summed E-state index contributed by atoms with van der Waals surface area (Å²) < 4.78 is 7.83. The molecule has 1 unspecified atom stereocenters. The van der Waals surface area contributed by atoms with E-state index in [2.05, 4.69) is 21.1 Å². The molecule has 7 heteroatoms. The van der Waals surface area contributed by atoms with Crippen molar-refractivity contribution in [3.63, 3.8) is 0 Å². The maximum atomic E-state index is 12.5. The van der Waals surface area contributed by atoms with Crippen LogP contribution in [0.5, 0.6) is 5.75 Å². The number of halogens is 1. The third kappa shape index (κ3) is 3.96. The quantitative estimate of drug-likeness (QED) is 0.674. The van der Waals surface area contributed by atoms with E-state index in [1.54, 1.807) is 30.8 Å². The number of hydrogen-bond donors (Lipinski definition) is 1. The highest BCUT2D eigenvalue weighted by molar-refractivity contribution is 7.99. The molecule has 0 saturated carbocycles. The number of carbonyl (C=O) groups is 1. The van der Waals surface area contributed by atoms with Crippen molar-refractivity contribution in [2.24, 2.45) is 0 Å². The van der Waals surface area contributed by atoms with Crippen molar-refractivity contribution in [2.75, 3.05) is 11.1 Å². The molecule has 3 aromatic rings. The number of imidazole rings is 1. The van der Waals surface area contributed by atoms with Crippen molar-refractivity contribution in [3.05, 3.63) is 59.8 Å². The molecule has 138 valence electrons. The predicted octanol–water partition coefficient (Wildman–Crippen LogP) is 4.72. The zero-order valence-corrected chi connectivity index (χ0v) is 16.3. The summed E-state index contributed by atoms with van der Waals surface area (Å²) in [7, 11) is 0. The van der Waals surface area contributed by atoms with Crippen molar-refractivity contribution in [1.29, 1.82) is 0 Å². The third-order valence-electron chi connectivity index (χ3n) is 4.24. The summed E-state index contributed by atoms with van der Waals surface area (Å²) in [6.07, 6.45) is 1.38. The minimum atomic E-state index is -0.679. The summed E-state index contributed by atoms with van der Waals surface area (Å²) >= 11 is 7.84. The summed E-state index contributed by atoms with van der Waals surface area (Å²) in [6, 6.07) is 14.8. The number of benzene rings is 2. The standard InChI is InChI=1S/C20H18ClN3O2S/c1-13(26-18-8-3-2-7-16(18)21)19(25)22-15-6-4-5-14(11-15)17-12-24-9-10-27-20(24)23-17/h2-8,11-13H,9-10H2,1H3,(H,22,25). The molecule has 0 spiro atoms. The molecule has 0 saturated heterocycles. The van der Waals surface area contributed by atoms with Gasteiger partial charge in [-0.05, 0) is 31.2 Å². The first-order valence-corrected chi connectivity index (χ1v) is 9.99. The van der Waals surface area contributed by atoms with Gasteiger partial charge in [0.15, 0.2) is 11.3 Å². The van der Waals surface area contributed by atoms with Crippen molar-refractivity contribution >= 4 is 35.0 Å². The monoisotopic (exact) mass is 399 g/mol. The van der Waals surface area contributed by atoms with E-state index in [0.717, 1.165) is 28.7 Å². The predicted molar refractivity (Wildman–Crippen MR) is 109 cm³/mol. The van der Waals surface area contributed by atoms with Crippen LogP contribution >= 0.6 is 23.4 Å². The Hall–Kier alpha value is -2.44. The van der Waals surface area contributed by atoms with E-state index >= 15 is 0 Å². The van der Waals surface area contributed by atoms with E-state index in [9.17, 15) is 4.79 Å². The van der Waals surface area contributed by atoms with Crippen LogP contribution in [0.1, 0.15) is 6.92 Å². The number of nitrogens with zero attached hydrogens (tertiary/aromatic N) is 2. The first-order chi connectivity index (χ1) is 13.1. The van der Waals surface area contributed by atoms with E-state index in [0.29, 0.717) is 16.5 Å². The zero-order chi connectivity index (χ0) is 18.8. The van der Waals surface area contributed by atoms with E-state index in [1.165, 1.54) is 0 Å². The second kappa shape index (κ2) is 7.66. The Morgan fingerprint density at radius 2 is 2.15 bits per heavy atom. The number of aromatic nitrogens is 2. The second-order valence-corrected chi connectivity index (χ2v) is 7.68. The molecule has 5 nitrogen and oxygen atoms in total. The van der Waals surface area contributed by atoms with Crippen molar-refractivity contribution in [1.82, 2.24) is 9.55 Å². The Kier molecular flexibility index (Phi) is 5.09. The molecule has 1 aliphatic rings. The molecule has 2 aromatic carbocycles. The number of anilines is 1. The van der Waals surface area contributed by atoms with Crippen LogP contribution in [0.2, 0.25) is 5.02 Å². The minimum absolute atomic E-state index is 0.241. The lowest BCUT2D eigenvalue weighted by Gasteiger charge is -2.15. The lowest BCUT2D eigenvalue weighted by atomic mass is 10.1. The summed E-state index contributed by atoms with van der Waals surface area (Å²) in [4.78, 5) is 17.1. The number of hydrogen-bond acceptors (Lipinski definition) is 4. The Morgan fingerprint density at radius 3 is 2.96 bits per heavy atom. The lowest BCUT2D eigenvalue weighted by Crippen LogP contribution is -2.30. The van der Waals surface area contributed by atoms with Crippen LogP contribution in [-0.2, 0) is 11.3 Å². The number of ether oxygens (including phenoxy) is 1. The third-order valence-corrected chi connectivity index (χ3v) is 5.52. The average Bonchev–Trinajstić information content (AvgIpc) is 3.26. The smallest absolute Gasteiger partial charge is 0.265 e. The second-order valence-electron chi connectivity index (χ2n) is 6.21. The molecular weight excluding hydrogens is 382 g/mol. The van der Waals surface area contributed by atoms with Crippen LogP contribution in [0.4, 0.5) is 5.69 Å². The fourth-order valence-electron chi connectivity index (χ4n) is 2.83. The van der Waals surface area contributed by atoms with E-state index < -0.39 is 6.10 Å². The summed E-state index contributed by atoms with van der Waals surface area (Å²) in [5, 5.41) is 4.41. The number of amides is 1. The number of thioether (sulfide) groups is 1. The molecule has 0 radical (unpaired) electrons. The van der Waals surface area contributed by atoms with Crippen LogP contribution in [0.25, 0.3) is 11.3 Å². The van der Waals surface area contributed by atoms with Gasteiger partial charge in [0.2, 0.25) is 0 Å². The minimum Gasteiger partial charge on any atom is -0.479 e. The van der Waals surface area contributed by atoms with Crippen molar-refractivity contribution < 1.29 is 9.53 Å². The van der Waals surface area contributed by atoms with Gasteiger partial charge < -0.3 is 14.6 Å². The number of carbonyl (C=O) groups excluding carboxylic acids is 1. The van der Waals surface area contributed by atoms with Crippen LogP contribution in [0, 0.1) is 0 Å². The molecule has 27 heavy (non-hydrogen) atoms. The van der Waals surface area contributed by atoms with E-state index in [1.807, 2.05) is 36.4 Å². The fraction of sp³-hybridized carbons (Fsp3) is 0.200. The van der Waals surface area contributed by atoms with Gasteiger partial charge in [-0.15, -0.1) is 0 Å². The Morgan fingerprint density at radius 1 is 1.30 bits per heavy atom. The highest BCUT2D eigenvalue weighted by Crippen LogP contribution is 2.30. The van der Waals surface area contributed by atoms with Crippen LogP contribution in [-0.4, -0.2) is 27.3 Å². The molecule has 0 fully saturated rings. The summed E-state index contributed by atoms with van der Waals surface area (Å²) in [5.41, 5.74) is 2.58. The van der Waals surface area contributed by atoms with Gasteiger partial charge in [0.1, 0.15) is 5.75 Å². The summed E-state index contributed by atoms with van der Waals surface area (Å²) in [5.74, 6) is 1.32. The Labute approximate surface area is 166 Å². The molecule has 1 amide bonds. The van der Waals surface area contributed by atoms with Crippen molar-refractivity contribution in [3.8, 4) is 17.0 Å². The molecule has 0 aliphatic carbocycles. The molecule has 1 aliphatic heterocycles. The number of aryl methyl sites for hydroxylation is 1. The largest absolute Gasteiger partial charge is 0.479 e. The molecule has 1 N–H and O–H groups in total. The topological polar surface area (TPSA) is 56.1 Å². The SMILES string of the molecule is CC(Oc1ccccc1Cl)C(=O)Nc1cccc(-c2cn3c(n2)SCC3)c1. The van der Waals surface area contributed by atoms with Gasteiger partial charge in [0.05, 0.1) is 10.7 Å². The lowest BCUT2D eigenvalue weighted by molar-refractivity contribution is -0.122. The van der Waals surface area contributed by atoms with Gasteiger partial charge in [-0.2, -0.15) is 0 Å². The highest BCUT2D eigenvalue weighted by atomic mass is 35.5. The maximum absolute atomic E-state index is 12.5. The normalized spacial score (nSPS) is 13.9. The van der Waals surface area contributed by atoms with Crippen LogP contribution in [0.15, 0.2) is 59.9 Å². The molecule has 2 heterocycles. The molecule has 1 atom stereocenters. The molecule has 0 bridgehead atoms. The molecule has 4 rings (SSSR count). The van der Waals surface area contributed by atoms with Gasteiger partial charge >= 0.3 is 0 Å². The van der Waals surface area contributed by atoms with Gasteiger partial charge in [-0.25, -0.2) is 4.98 Å².